The fourth-order valence-electron chi connectivity index (χ4n) is 1.49. The van der Waals surface area contributed by atoms with E-state index in [9.17, 15) is 23.3 Å². The lowest BCUT2D eigenvalue weighted by molar-refractivity contribution is -0.386. The van der Waals surface area contributed by atoms with Gasteiger partial charge in [0.1, 0.15) is 6.61 Å². The first-order chi connectivity index (χ1) is 9.36. The molecule has 0 atom stereocenters. The van der Waals surface area contributed by atoms with E-state index in [1.165, 1.54) is 0 Å². The summed E-state index contributed by atoms with van der Waals surface area (Å²) >= 11 is 0. The van der Waals surface area contributed by atoms with E-state index < -0.39 is 22.4 Å². The highest BCUT2D eigenvalue weighted by atomic mass is 19.4. The first-order valence-electron chi connectivity index (χ1n) is 6.05. The minimum Gasteiger partial charge on any atom is -0.485 e. The Morgan fingerprint density at radius 3 is 2.60 bits per heavy atom. The third-order valence-corrected chi connectivity index (χ3v) is 2.45. The Kier molecular flexibility index (Phi) is 5.75. The van der Waals surface area contributed by atoms with Crippen LogP contribution in [0.4, 0.5) is 18.9 Å². The van der Waals surface area contributed by atoms with Crippen LogP contribution in [0.25, 0.3) is 0 Å². The first-order valence-corrected chi connectivity index (χ1v) is 6.05. The van der Waals surface area contributed by atoms with Gasteiger partial charge in [0.2, 0.25) is 0 Å². The van der Waals surface area contributed by atoms with Crippen LogP contribution in [0.1, 0.15) is 18.9 Å². The predicted molar refractivity (Wildman–Crippen MR) is 66.8 cm³/mol. The number of nitrogens with zero attached hydrogens (tertiary/aromatic N) is 1. The highest BCUT2D eigenvalue weighted by molar-refractivity contribution is 5.49. The van der Waals surface area contributed by atoms with E-state index in [1.807, 2.05) is 6.92 Å². The fourth-order valence-corrected chi connectivity index (χ4v) is 1.49. The molecular weight excluding hydrogens is 277 g/mol. The van der Waals surface area contributed by atoms with Crippen LogP contribution in [0.3, 0.4) is 0 Å². The zero-order valence-corrected chi connectivity index (χ0v) is 10.9. The normalized spacial score (nSPS) is 11.4. The Morgan fingerprint density at radius 1 is 1.35 bits per heavy atom. The maximum atomic E-state index is 12.5. The highest BCUT2D eigenvalue weighted by Crippen LogP contribution is 2.35. The minimum atomic E-state index is -4.62. The molecule has 0 aliphatic carbocycles. The van der Waals surface area contributed by atoms with Gasteiger partial charge >= 0.3 is 11.9 Å². The summed E-state index contributed by atoms with van der Waals surface area (Å²) in [6.07, 6.45) is -3.69. The molecule has 8 heteroatoms. The zero-order valence-electron chi connectivity index (χ0n) is 10.9. The molecule has 1 aromatic carbocycles. The van der Waals surface area contributed by atoms with Gasteiger partial charge in [-0.1, -0.05) is 6.92 Å². The SMILES string of the molecule is CCCNCCOc1ccc(C(F)(F)F)cc1[N+](=O)[O-]. The second-order valence-corrected chi connectivity index (χ2v) is 4.04. The highest BCUT2D eigenvalue weighted by Gasteiger charge is 2.33. The van der Waals surface area contributed by atoms with Crippen molar-refractivity contribution in [2.75, 3.05) is 19.7 Å². The molecule has 0 amide bonds. The Balaban J connectivity index is 2.78. The molecule has 1 N–H and O–H groups in total. The average molecular weight is 292 g/mol. The Hall–Kier alpha value is -1.83. The third kappa shape index (κ3) is 4.69. The number of ether oxygens (including phenoxy) is 1. The first kappa shape index (κ1) is 16.2. The monoisotopic (exact) mass is 292 g/mol. The van der Waals surface area contributed by atoms with Gasteiger partial charge in [-0.3, -0.25) is 10.1 Å². The lowest BCUT2D eigenvalue weighted by atomic mass is 10.2. The molecule has 1 aromatic rings. The summed E-state index contributed by atoms with van der Waals surface area (Å²) in [5.74, 6) is -0.165. The molecule has 0 aliphatic heterocycles. The number of rotatable bonds is 7. The van der Waals surface area contributed by atoms with Crippen molar-refractivity contribution in [3.8, 4) is 5.75 Å². The van der Waals surface area contributed by atoms with E-state index in [-0.39, 0.29) is 12.4 Å². The number of hydrogen-bond donors (Lipinski definition) is 1. The summed E-state index contributed by atoms with van der Waals surface area (Å²) in [4.78, 5) is 9.89. The summed E-state index contributed by atoms with van der Waals surface area (Å²) in [5, 5.41) is 13.8. The van der Waals surface area contributed by atoms with Crippen LogP contribution in [0.2, 0.25) is 0 Å². The van der Waals surface area contributed by atoms with Crippen LogP contribution in [0.15, 0.2) is 18.2 Å². The number of benzene rings is 1. The molecule has 0 aliphatic rings. The van der Waals surface area contributed by atoms with E-state index >= 15 is 0 Å². The third-order valence-electron chi connectivity index (χ3n) is 2.45. The molecule has 0 saturated carbocycles. The van der Waals surface area contributed by atoms with E-state index in [0.717, 1.165) is 25.1 Å². The summed E-state index contributed by atoms with van der Waals surface area (Å²) < 4.78 is 42.6. The molecule has 0 unspecified atom stereocenters. The van der Waals surface area contributed by atoms with Gasteiger partial charge in [0.05, 0.1) is 10.5 Å². The molecule has 20 heavy (non-hydrogen) atoms. The van der Waals surface area contributed by atoms with Crippen molar-refractivity contribution in [2.24, 2.45) is 0 Å². The summed E-state index contributed by atoms with van der Waals surface area (Å²) in [7, 11) is 0. The van der Waals surface area contributed by atoms with Crippen molar-refractivity contribution in [3.63, 3.8) is 0 Å². The molecule has 0 radical (unpaired) electrons. The second-order valence-electron chi connectivity index (χ2n) is 4.04. The lowest BCUT2D eigenvalue weighted by Gasteiger charge is -2.10. The maximum absolute atomic E-state index is 12.5. The molecule has 112 valence electrons. The van der Waals surface area contributed by atoms with E-state index in [1.54, 1.807) is 0 Å². The van der Waals surface area contributed by atoms with Crippen LogP contribution >= 0.6 is 0 Å². The van der Waals surface area contributed by atoms with Gasteiger partial charge < -0.3 is 10.1 Å². The van der Waals surface area contributed by atoms with Crippen LogP contribution in [-0.4, -0.2) is 24.6 Å². The Morgan fingerprint density at radius 2 is 2.05 bits per heavy atom. The molecular formula is C12H15F3N2O3. The molecule has 0 heterocycles. The predicted octanol–water partition coefficient (Wildman–Crippen LogP) is 2.99. The molecule has 0 fully saturated rings. The van der Waals surface area contributed by atoms with Gasteiger partial charge in [0, 0.05) is 12.6 Å². The number of nitro benzene ring substituents is 1. The van der Waals surface area contributed by atoms with Gasteiger partial charge in [-0.25, -0.2) is 0 Å². The van der Waals surface area contributed by atoms with Crippen LogP contribution in [-0.2, 0) is 6.18 Å². The largest absolute Gasteiger partial charge is 0.485 e. The van der Waals surface area contributed by atoms with E-state index in [2.05, 4.69) is 5.32 Å². The van der Waals surface area contributed by atoms with Crippen LogP contribution < -0.4 is 10.1 Å². The van der Waals surface area contributed by atoms with Gasteiger partial charge in [-0.2, -0.15) is 13.2 Å². The van der Waals surface area contributed by atoms with Crippen molar-refractivity contribution >= 4 is 5.69 Å². The van der Waals surface area contributed by atoms with Crippen molar-refractivity contribution in [2.45, 2.75) is 19.5 Å². The number of halogens is 3. The van der Waals surface area contributed by atoms with Crippen molar-refractivity contribution in [3.05, 3.63) is 33.9 Å². The standard InChI is InChI=1S/C12H15F3N2O3/c1-2-5-16-6-7-20-11-4-3-9(12(13,14)15)8-10(11)17(18)19/h3-4,8,16H,2,5-7H2,1H3. The van der Waals surface area contributed by atoms with Gasteiger partial charge in [-0.15, -0.1) is 0 Å². The van der Waals surface area contributed by atoms with Crippen LogP contribution in [0, 0.1) is 10.1 Å². The zero-order chi connectivity index (χ0) is 15.2. The minimum absolute atomic E-state index is 0.145. The number of nitrogens with one attached hydrogen (secondary N) is 1. The molecule has 0 aromatic heterocycles. The average Bonchev–Trinajstić information content (AvgIpc) is 2.37. The summed E-state index contributed by atoms with van der Waals surface area (Å²) in [5.41, 5.74) is -1.75. The smallest absolute Gasteiger partial charge is 0.416 e. The summed E-state index contributed by atoms with van der Waals surface area (Å²) in [6, 6.07) is 2.22. The quantitative estimate of drug-likeness (QED) is 0.476. The van der Waals surface area contributed by atoms with Crippen molar-refractivity contribution in [1.82, 2.24) is 5.32 Å². The van der Waals surface area contributed by atoms with E-state index in [0.29, 0.717) is 12.6 Å². The maximum Gasteiger partial charge on any atom is 0.416 e. The number of nitro groups is 1. The molecule has 0 spiro atoms. The van der Waals surface area contributed by atoms with Crippen molar-refractivity contribution in [1.29, 1.82) is 0 Å². The summed E-state index contributed by atoms with van der Waals surface area (Å²) in [6.45, 7) is 3.37. The fraction of sp³-hybridized carbons (Fsp3) is 0.500. The van der Waals surface area contributed by atoms with Crippen molar-refractivity contribution < 1.29 is 22.8 Å². The van der Waals surface area contributed by atoms with E-state index in [4.69, 9.17) is 4.74 Å². The Bertz CT molecular complexity index is 464. The molecule has 0 bridgehead atoms. The van der Waals surface area contributed by atoms with Crippen LogP contribution in [0.5, 0.6) is 5.75 Å². The topological polar surface area (TPSA) is 64.4 Å². The van der Waals surface area contributed by atoms with Gasteiger partial charge in [0.25, 0.3) is 0 Å². The second kappa shape index (κ2) is 7.09. The molecule has 0 saturated heterocycles. The molecule has 1 rings (SSSR count). The number of alkyl halides is 3. The molecule has 5 nitrogen and oxygen atoms in total. The Labute approximate surface area is 113 Å². The number of hydrogen-bond acceptors (Lipinski definition) is 4. The van der Waals surface area contributed by atoms with Gasteiger partial charge in [-0.05, 0) is 25.1 Å². The lowest BCUT2D eigenvalue weighted by Crippen LogP contribution is -2.21. The van der Waals surface area contributed by atoms with Gasteiger partial charge in [0.15, 0.2) is 5.75 Å².